The lowest BCUT2D eigenvalue weighted by Gasteiger charge is -2.25. The van der Waals surface area contributed by atoms with E-state index in [0.29, 0.717) is 12.7 Å². The maximum Gasteiger partial charge on any atom is 0.500 e. The summed E-state index contributed by atoms with van der Waals surface area (Å²) in [6.07, 6.45) is -0.0894. The standard InChI is InChI=1S/C12H16F4O3Si/c1-4-19-20(17-2,18-3)6-5-8-7-9(13)11(15)12(16)10(8)14/h7H,4-6H2,1-3H3. The van der Waals surface area contributed by atoms with E-state index in [1.165, 1.54) is 14.2 Å². The van der Waals surface area contributed by atoms with Gasteiger partial charge in [0.25, 0.3) is 0 Å². The van der Waals surface area contributed by atoms with Crippen molar-refractivity contribution >= 4 is 8.80 Å². The van der Waals surface area contributed by atoms with Gasteiger partial charge in [0.05, 0.1) is 0 Å². The lowest BCUT2D eigenvalue weighted by atomic mass is 10.1. The minimum atomic E-state index is -3.00. The molecule has 1 aromatic carbocycles. The zero-order valence-electron chi connectivity index (χ0n) is 11.4. The third kappa shape index (κ3) is 3.57. The van der Waals surface area contributed by atoms with E-state index in [0.717, 1.165) is 0 Å². The van der Waals surface area contributed by atoms with E-state index in [4.69, 9.17) is 13.3 Å². The molecule has 3 nitrogen and oxygen atoms in total. The van der Waals surface area contributed by atoms with Crippen molar-refractivity contribution in [2.45, 2.75) is 19.4 Å². The van der Waals surface area contributed by atoms with Crippen LogP contribution in [0.2, 0.25) is 6.04 Å². The summed E-state index contributed by atoms with van der Waals surface area (Å²) in [6, 6.07) is 0.749. The van der Waals surface area contributed by atoms with Crippen LogP contribution in [0.15, 0.2) is 6.07 Å². The molecule has 1 rings (SSSR count). The van der Waals surface area contributed by atoms with Crippen molar-refractivity contribution in [2.24, 2.45) is 0 Å². The minimum Gasteiger partial charge on any atom is -0.377 e. The van der Waals surface area contributed by atoms with Crippen LogP contribution in [0.3, 0.4) is 0 Å². The molecule has 0 radical (unpaired) electrons. The molecular formula is C12H16F4O3Si. The second-order valence-corrected chi connectivity index (χ2v) is 6.95. The Hall–Kier alpha value is -0.963. The Morgan fingerprint density at radius 2 is 1.60 bits per heavy atom. The number of rotatable bonds is 7. The number of hydrogen-bond donors (Lipinski definition) is 0. The first-order chi connectivity index (χ1) is 9.40. The van der Waals surface area contributed by atoms with E-state index < -0.39 is 32.1 Å². The number of benzene rings is 1. The highest BCUT2D eigenvalue weighted by molar-refractivity contribution is 6.60. The van der Waals surface area contributed by atoms with E-state index in [2.05, 4.69) is 0 Å². The first kappa shape index (κ1) is 17.1. The molecular weight excluding hydrogens is 296 g/mol. The molecule has 1 aromatic rings. The molecule has 0 amide bonds. The van der Waals surface area contributed by atoms with E-state index in [-0.39, 0.29) is 18.0 Å². The molecule has 0 bridgehead atoms. The van der Waals surface area contributed by atoms with Crippen LogP contribution < -0.4 is 0 Å². The zero-order chi connectivity index (χ0) is 15.3. The van der Waals surface area contributed by atoms with Crippen molar-refractivity contribution < 1.29 is 30.8 Å². The molecule has 0 aliphatic carbocycles. The fraction of sp³-hybridized carbons (Fsp3) is 0.500. The Morgan fingerprint density at radius 1 is 1.00 bits per heavy atom. The monoisotopic (exact) mass is 312 g/mol. The molecule has 0 atom stereocenters. The Morgan fingerprint density at radius 3 is 2.10 bits per heavy atom. The molecule has 0 aliphatic heterocycles. The van der Waals surface area contributed by atoms with E-state index in [9.17, 15) is 17.6 Å². The average Bonchev–Trinajstić information content (AvgIpc) is 2.46. The van der Waals surface area contributed by atoms with Crippen LogP contribution >= 0.6 is 0 Å². The third-order valence-corrected chi connectivity index (χ3v) is 5.70. The molecule has 0 unspecified atom stereocenters. The van der Waals surface area contributed by atoms with Gasteiger partial charge in [-0.25, -0.2) is 17.6 Å². The van der Waals surface area contributed by atoms with Crippen molar-refractivity contribution in [3.05, 3.63) is 34.9 Å². The summed E-state index contributed by atoms with van der Waals surface area (Å²) >= 11 is 0. The highest BCUT2D eigenvalue weighted by Crippen LogP contribution is 2.23. The molecule has 0 N–H and O–H groups in total. The largest absolute Gasteiger partial charge is 0.500 e. The quantitative estimate of drug-likeness (QED) is 0.335. The van der Waals surface area contributed by atoms with Gasteiger partial charge >= 0.3 is 8.80 Å². The summed E-state index contributed by atoms with van der Waals surface area (Å²) in [5.74, 6) is -6.48. The maximum absolute atomic E-state index is 13.5. The van der Waals surface area contributed by atoms with Crippen LogP contribution in [0.5, 0.6) is 0 Å². The second-order valence-electron chi connectivity index (χ2n) is 3.98. The topological polar surface area (TPSA) is 27.7 Å². The van der Waals surface area contributed by atoms with Crippen LogP contribution in [0.1, 0.15) is 12.5 Å². The zero-order valence-corrected chi connectivity index (χ0v) is 12.4. The molecule has 20 heavy (non-hydrogen) atoms. The maximum atomic E-state index is 13.5. The molecule has 0 saturated carbocycles. The summed E-state index contributed by atoms with van der Waals surface area (Å²) in [5, 5.41) is 0. The molecule has 0 heterocycles. The predicted octanol–water partition coefficient (Wildman–Crippen LogP) is 3.05. The molecule has 0 aliphatic rings. The van der Waals surface area contributed by atoms with Gasteiger partial charge < -0.3 is 13.3 Å². The number of hydrogen-bond acceptors (Lipinski definition) is 3. The predicted molar refractivity (Wildman–Crippen MR) is 66.2 cm³/mol. The van der Waals surface area contributed by atoms with Gasteiger partial charge in [-0.15, -0.1) is 0 Å². The average molecular weight is 312 g/mol. The molecule has 0 spiro atoms. The first-order valence-electron chi connectivity index (χ1n) is 5.97. The van der Waals surface area contributed by atoms with Gasteiger partial charge in [0, 0.05) is 26.9 Å². The lowest BCUT2D eigenvalue weighted by molar-refractivity contribution is 0.104. The van der Waals surface area contributed by atoms with Gasteiger partial charge in [-0.3, -0.25) is 0 Å². The number of halogens is 4. The molecule has 0 aromatic heterocycles. The van der Waals surface area contributed by atoms with Gasteiger partial charge in [0.2, 0.25) is 0 Å². The van der Waals surface area contributed by atoms with Gasteiger partial charge in [-0.1, -0.05) is 0 Å². The molecule has 0 fully saturated rings. The summed E-state index contributed by atoms with van der Waals surface area (Å²) in [4.78, 5) is 0. The summed E-state index contributed by atoms with van der Waals surface area (Å²) < 4.78 is 68.3. The SMILES string of the molecule is CCO[Si](CCc1cc(F)c(F)c(F)c1F)(OC)OC. The third-order valence-electron chi connectivity index (χ3n) is 2.86. The molecule has 8 heteroatoms. The Kier molecular flexibility index (Phi) is 6.12. The first-order valence-corrected chi connectivity index (χ1v) is 7.90. The smallest absolute Gasteiger partial charge is 0.377 e. The van der Waals surface area contributed by atoms with Gasteiger partial charge in [-0.05, 0) is 25.0 Å². The van der Waals surface area contributed by atoms with E-state index in [1.807, 2.05) is 0 Å². The van der Waals surface area contributed by atoms with Gasteiger partial charge in [0.1, 0.15) is 0 Å². The van der Waals surface area contributed by atoms with Crippen LogP contribution in [-0.2, 0) is 19.7 Å². The van der Waals surface area contributed by atoms with Crippen molar-refractivity contribution in [3.8, 4) is 0 Å². The van der Waals surface area contributed by atoms with Crippen LogP contribution in [0.4, 0.5) is 17.6 Å². The summed E-state index contributed by atoms with van der Waals surface area (Å²) in [7, 11) is -0.238. The summed E-state index contributed by atoms with van der Waals surface area (Å²) in [6.45, 7) is 2.06. The van der Waals surface area contributed by atoms with E-state index in [1.54, 1.807) is 6.92 Å². The highest BCUT2D eigenvalue weighted by atomic mass is 28.4. The normalized spacial score (nSPS) is 11.9. The highest BCUT2D eigenvalue weighted by Gasteiger charge is 2.38. The van der Waals surface area contributed by atoms with Crippen molar-refractivity contribution in [3.63, 3.8) is 0 Å². The van der Waals surface area contributed by atoms with E-state index >= 15 is 0 Å². The Labute approximate surface area is 115 Å². The lowest BCUT2D eigenvalue weighted by Crippen LogP contribution is -2.44. The molecule has 114 valence electrons. The van der Waals surface area contributed by atoms with Gasteiger partial charge in [-0.2, -0.15) is 0 Å². The fourth-order valence-electron chi connectivity index (χ4n) is 1.79. The van der Waals surface area contributed by atoms with Crippen LogP contribution in [0, 0.1) is 23.3 Å². The Bertz CT molecular complexity index is 467. The fourth-order valence-corrected chi connectivity index (χ4v) is 3.76. The van der Waals surface area contributed by atoms with Crippen LogP contribution in [0.25, 0.3) is 0 Å². The van der Waals surface area contributed by atoms with Crippen molar-refractivity contribution in [1.29, 1.82) is 0 Å². The van der Waals surface area contributed by atoms with Crippen molar-refractivity contribution in [1.82, 2.24) is 0 Å². The summed E-state index contributed by atoms with van der Waals surface area (Å²) in [5.41, 5.74) is -0.285. The van der Waals surface area contributed by atoms with Crippen LogP contribution in [-0.4, -0.2) is 29.6 Å². The minimum absolute atomic E-state index is 0.0894. The van der Waals surface area contributed by atoms with Crippen molar-refractivity contribution in [2.75, 3.05) is 20.8 Å². The second kappa shape index (κ2) is 7.16. The molecule has 0 saturated heterocycles. The number of aryl methyl sites for hydroxylation is 1. The Balaban J connectivity index is 2.94. The van der Waals surface area contributed by atoms with Gasteiger partial charge in [0.15, 0.2) is 23.3 Å².